The Morgan fingerprint density at radius 2 is 1.82 bits per heavy atom. The van der Waals surface area contributed by atoms with Gasteiger partial charge in [0.15, 0.2) is 11.5 Å². The number of benzene rings is 3. The fourth-order valence-corrected chi connectivity index (χ4v) is 4.50. The van der Waals surface area contributed by atoms with Crippen molar-refractivity contribution >= 4 is 29.2 Å². The van der Waals surface area contributed by atoms with Crippen LogP contribution in [0.4, 0.5) is 5.69 Å². The van der Waals surface area contributed by atoms with Crippen molar-refractivity contribution in [3.8, 4) is 23.0 Å². The molecule has 3 aromatic carbocycles. The Morgan fingerprint density at radius 1 is 1.02 bits per heavy atom. The van der Waals surface area contributed by atoms with Crippen molar-refractivity contribution < 1.29 is 38.4 Å². The highest BCUT2D eigenvalue weighted by Gasteiger charge is 2.27. The Labute approximate surface area is 237 Å². The van der Waals surface area contributed by atoms with Crippen molar-refractivity contribution in [3.63, 3.8) is 0 Å². The monoisotopic (exact) mass is 567 g/mol. The number of carbonyl (C=O) groups excluding carboxylic acids is 2. The van der Waals surface area contributed by atoms with Crippen LogP contribution >= 0.6 is 11.6 Å². The second-order valence-corrected chi connectivity index (χ2v) is 9.10. The van der Waals surface area contributed by atoms with Gasteiger partial charge in [0.25, 0.3) is 5.91 Å². The van der Waals surface area contributed by atoms with Crippen molar-refractivity contribution in [3.05, 3.63) is 88.5 Å². The number of ether oxygens (including phenoxy) is 5. The van der Waals surface area contributed by atoms with E-state index < -0.39 is 18.0 Å². The number of carbonyl (C=O) groups is 2. The van der Waals surface area contributed by atoms with Gasteiger partial charge in [-0.15, -0.1) is 0 Å². The van der Waals surface area contributed by atoms with Gasteiger partial charge in [0.1, 0.15) is 30.8 Å². The van der Waals surface area contributed by atoms with Gasteiger partial charge in [-0.2, -0.15) is 0 Å². The number of aliphatic hydroxyl groups excluding tert-OH is 1. The van der Waals surface area contributed by atoms with E-state index in [0.29, 0.717) is 63.6 Å². The highest BCUT2D eigenvalue weighted by molar-refractivity contribution is 6.30. The Kier molecular flexibility index (Phi) is 9.52. The van der Waals surface area contributed by atoms with Crippen LogP contribution in [0.5, 0.6) is 23.0 Å². The van der Waals surface area contributed by atoms with E-state index >= 15 is 0 Å². The molecule has 0 aromatic heterocycles. The molecule has 3 aromatic rings. The van der Waals surface area contributed by atoms with Crippen molar-refractivity contribution in [1.82, 2.24) is 0 Å². The number of nitrogens with zero attached hydrogens (tertiary/aromatic N) is 1. The second kappa shape index (κ2) is 13.2. The van der Waals surface area contributed by atoms with Crippen LogP contribution in [0, 0.1) is 0 Å². The number of aliphatic hydroxyl groups is 1. The van der Waals surface area contributed by atoms with E-state index in [1.165, 1.54) is 12.0 Å². The highest BCUT2D eigenvalue weighted by atomic mass is 35.5. The van der Waals surface area contributed by atoms with Gasteiger partial charge in [-0.05, 0) is 43.3 Å². The molecule has 0 aliphatic carbocycles. The van der Waals surface area contributed by atoms with Crippen molar-refractivity contribution in [2.75, 3.05) is 38.9 Å². The number of para-hydroxylation sites is 1. The molecular weight excluding hydrogens is 538 g/mol. The van der Waals surface area contributed by atoms with Gasteiger partial charge in [0, 0.05) is 39.9 Å². The van der Waals surface area contributed by atoms with Gasteiger partial charge in [-0.3, -0.25) is 4.79 Å². The molecule has 1 unspecified atom stereocenters. The Balaban J connectivity index is 1.81. The number of esters is 1. The summed E-state index contributed by atoms with van der Waals surface area (Å²) in [5.41, 5.74) is 1.82. The molecule has 0 bridgehead atoms. The summed E-state index contributed by atoms with van der Waals surface area (Å²) in [5.74, 6) is 0.826. The zero-order chi connectivity index (χ0) is 28.6. The van der Waals surface area contributed by atoms with Crippen molar-refractivity contribution in [1.29, 1.82) is 0 Å². The van der Waals surface area contributed by atoms with Crippen LogP contribution in [0.1, 0.15) is 29.7 Å². The first kappa shape index (κ1) is 28.8. The van der Waals surface area contributed by atoms with Crippen LogP contribution in [0.25, 0.3) is 0 Å². The average Bonchev–Trinajstić information content (AvgIpc) is 2.98. The largest absolute Gasteiger partial charge is 0.497 e. The average molecular weight is 568 g/mol. The summed E-state index contributed by atoms with van der Waals surface area (Å²) in [5, 5.41) is 12.0. The highest BCUT2D eigenvalue weighted by Crippen LogP contribution is 2.42. The van der Waals surface area contributed by atoms with Crippen molar-refractivity contribution in [2.24, 2.45) is 0 Å². The molecule has 1 atom stereocenters. The normalized spacial score (nSPS) is 13.0. The van der Waals surface area contributed by atoms with E-state index in [4.69, 9.17) is 35.3 Å². The van der Waals surface area contributed by atoms with Gasteiger partial charge in [-0.1, -0.05) is 23.7 Å². The molecule has 1 aliphatic rings. The van der Waals surface area contributed by atoms with E-state index in [1.807, 2.05) is 0 Å². The summed E-state index contributed by atoms with van der Waals surface area (Å²) in [6, 6.07) is 15.3. The van der Waals surface area contributed by atoms with Crippen molar-refractivity contribution in [2.45, 2.75) is 19.6 Å². The first-order chi connectivity index (χ1) is 19.4. The summed E-state index contributed by atoms with van der Waals surface area (Å²) in [6.07, 6.45) is 0.960. The van der Waals surface area contributed by atoms with Gasteiger partial charge < -0.3 is 33.7 Å². The van der Waals surface area contributed by atoms with Gasteiger partial charge in [0.2, 0.25) is 0 Å². The SMILES string of the molecule is CCOC(=O)C=CC(=O)N(Cc1ccc(OC)cc1OC)c1ccc(Cl)cc1C(O)c1cccc2c1OCCO2. The van der Waals surface area contributed by atoms with E-state index in [-0.39, 0.29) is 13.2 Å². The Morgan fingerprint density at radius 3 is 2.58 bits per heavy atom. The maximum Gasteiger partial charge on any atom is 0.330 e. The number of hydrogen-bond acceptors (Lipinski definition) is 8. The molecular formula is C30H30ClNO8. The number of halogens is 1. The maximum atomic E-state index is 13.6. The minimum atomic E-state index is -1.23. The first-order valence-electron chi connectivity index (χ1n) is 12.6. The van der Waals surface area contributed by atoms with E-state index in [2.05, 4.69) is 0 Å². The molecule has 0 saturated carbocycles. The molecule has 40 heavy (non-hydrogen) atoms. The molecule has 210 valence electrons. The number of anilines is 1. The fourth-order valence-electron chi connectivity index (χ4n) is 4.32. The van der Waals surface area contributed by atoms with E-state index in [9.17, 15) is 14.7 Å². The van der Waals surface area contributed by atoms with Crippen LogP contribution in [0.3, 0.4) is 0 Å². The van der Waals surface area contributed by atoms with Gasteiger partial charge >= 0.3 is 5.97 Å². The topological polar surface area (TPSA) is 104 Å². The maximum absolute atomic E-state index is 13.6. The third-order valence-corrected chi connectivity index (χ3v) is 6.44. The van der Waals surface area contributed by atoms with Gasteiger partial charge in [-0.25, -0.2) is 4.79 Å². The van der Waals surface area contributed by atoms with Crippen LogP contribution in [0.15, 0.2) is 66.7 Å². The molecule has 0 spiro atoms. The predicted octanol–water partition coefficient (Wildman–Crippen LogP) is 4.86. The molecule has 1 amide bonds. The molecule has 0 fully saturated rings. The molecule has 4 rings (SSSR count). The fraction of sp³-hybridized carbons (Fsp3) is 0.267. The molecule has 1 N–H and O–H groups in total. The first-order valence-corrected chi connectivity index (χ1v) is 13.0. The summed E-state index contributed by atoms with van der Waals surface area (Å²) in [4.78, 5) is 27.0. The minimum Gasteiger partial charge on any atom is -0.497 e. The molecule has 10 heteroatoms. The molecule has 0 radical (unpaired) electrons. The molecule has 9 nitrogen and oxygen atoms in total. The Hall–Kier alpha value is -4.21. The van der Waals surface area contributed by atoms with E-state index in [1.54, 1.807) is 68.6 Å². The number of amides is 1. The Bertz CT molecular complexity index is 1410. The third kappa shape index (κ3) is 6.50. The zero-order valence-electron chi connectivity index (χ0n) is 22.4. The lowest BCUT2D eigenvalue weighted by molar-refractivity contribution is -0.137. The summed E-state index contributed by atoms with van der Waals surface area (Å²) in [6.45, 7) is 2.61. The predicted molar refractivity (Wildman–Crippen MR) is 149 cm³/mol. The van der Waals surface area contributed by atoms with Gasteiger partial charge in [0.05, 0.1) is 33.1 Å². The number of methoxy groups -OCH3 is 2. The zero-order valence-corrected chi connectivity index (χ0v) is 23.1. The smallest absolute Gasteiger partial charge is 0.330 e. The standard InChI is InChI=1S/C30H30ClNO8/c1-4-38-28(34)13-12-27(33)32(18-19-8-10-21(36-2)17-26(19)37-3)24-11-9-20(31)16-23(24)29(35)22-6-5-7-25-30(22)40-15-14-39-25/h5-13,16-17,29,35H,4,14-15,18H2,1-3H3. The lowest BCUT2D eigenvalue weighted by Crippen LogP contribution is -2.30. The van der Waals surface area contributed by atoms with E-state index in [0.717, 1.165) is 12.2 Å². The second-order valence-electron chi connectivity index (χ2n) is 8.66. The molecule has 1 heterocycles. The lowest BCUT2D eigenvalue weighted by Gasteiger charge is -2.28. The lowest BCUT2D eigenvalue weighted by atomic mass is 9.97. The summed E-state index contributed by atoms with van der Waals surface area (Å²) < 4.78 is 27.3. The van der Waals surface area contributed by atoms with Crippen LogP contribution in [-0.4, -0.2) is 51.0 Å². The van der Waals surface area contributed by atoms with Crippen LogP contribution < -0.4 is 23.8 Å². The number of rotatable bonds is 10. The number of hydrogen-bond donors (Lipinski definition) is 1. The summed E-state index contributed by atoms with van der Waals surface area (Å²) in [7, 11) is 3.06. The quantitative estimate of drug-likeness (QED) is 0.274. The minimum absolute atomic E-state index is 0.0347. The molecule has 0 saturated heterocycles. The number of fused-ring (bicyclic) bond motifs is 1. The molecule has 1 aliphatic heterocycles. The summed E-state index contributed by atoms with van der Waals surface area (Å²) >= 11 is 6.38. The van der Waals surface area contributed by atoms with Crippen LogP contribution in [-0.2, 0) is 20.9 Å². The van der Waals surface area contributed by atoms with Crippen LogP contribution in [0.2, 0.25) is 5.02 Å². The third-order valence-electron chi connectivity index (χ3n) is 6.20.